The molecular weight excluding hydrogens is 249 g/mol. The lowest BCUT2D eigenvalue weighted by molar-refractivity contribution is 0.228. The van der Waals surface area contributed by atoms with Gasteiger partial charge in [0, 0.05) is 11.6 Å². The summed E-state index contributed by atoms with van der Waals surface area (Å²) in [6.45, 7) is 2.22. The molecule has 0 heterocycles. The minimum atomic E-state index is -0.342. The molecule has 1 aliphatic rings. The number of benzene rings is 1. The third kappa shape index (κ3) is 2.86. The molecule has 3 atom stereocenters. The van der Waals surface area contributed by atoms with Crippen LogP contribution in [0.1, 0.15) is 50.6 Å². The highest BCUT2D eigenvalue weighted by Crippen LogP contribution is 2.38. The first kappa shape index (κ1) is 13.8. The van der Waals surface area contributed by atoms with E-state index < -0.39 is 0 Å². The van der Waals surface area contributed by atoms with Crippen molar-refractivity contribution in [2.75, 3.05) is 0 Å². The van der Waals surface area contributed by atoms with Crippen LogP contribution in [0.3, 0.4) is 0 Å². The van der Waals surface area contributed by atoms with Gasteiger partial charge in [-0.25, -0.2) is 4.39 Å². The van der Waals surface area contributed by atoms with Gasteiger partial charge in [0.15, 0.2) is 0 Å². The molecule has 2 rings (SSSR count). The Labute approximate surface area is 114 Å². The molecule has 1 fully saturated rings. The Hall–Kier alpha value is -0.600. The zero-order chi connectivity index (χ0) is 13.1. The van der Waals surface area contributed by atoms with Crippen molar-refractivity contribution in [3.05, 3.63) is 34.6 Å². The molecule has 100 valence electrons. The monoisotopic (exact) mass is 269 g/mol. The van der Waals surface area contributed by atoms with Crippen LogP contribution in [-0.4, -0.2) is 0 Å². The molecule has 0 bridgehead atoms. The van der Waals surface area contributed by atoms with Crippen LogP contribution in [0.4, 0.5) is 4.39 Å². The van der Waals surface area contributed by atoms with Crippen molar-refractivity contribution < 1.29 is 4.39 Å². The summed E-state index contributed by atoms with van der Waals surface area (Å²) < 4.78 is 14.0. The zero-order valence-electron chi connectivity index (χ0n) is 10.8. The Morgan fingerprint density at radius 2 is 2.22 bits per heavy atom. The number of rotatable bonds is 3. The molecule has 0 radical (unpaired) electrons. The van der Waals surface area contributed by atoms with Crippen molar-refractivity contribution in [1.82, 2.24) is 0 Å². The maximum absolute atomic E-state index is 14.0. The van der Waals surface area contributed by atoms with Gasteiger partial charge in [-0.05, 0) is 30.7 Å². The van der Waals surface area contributed by atoms with Gasteiger partial charge in [-0.1, -0.05) is 49.9 Å². The molecule has 0 aromatic heterocycles. The second-order valence-electron chi connectivity index (χ2n) is 5.37. The van der Waals surface area contributed by atoms with Gasteiger partial charge in [0.1, 0.15) is 5.82 Å². The minimum absolute atomic E-state index is 0.172. The van der Waals surface area contributed by atoms with E-state index in [0.717, 1.165) is 18.8 Å². The van der Waals surface area contributed by atoms with Crippen LogP contribution in [0.5, 0.6) is 0 Å². The average molecular weight is 270 g/mol. The standard InChI is InChI=1S/C15H21ClFN/c1-2-10-5-3-6-11(9-10)15(18)12-7-4-8-13(16)14(12)17/h4,7-8,10-11,15H,2-3,5-6,9,18H2,1H3. The maximum Gasteiger partial charge on any atom is 0.146 e. The van der Waals surface area contributed by atoms with E-state index in [4.69, 9.17) is 17.3 Å². The lowest BCUT2D eigenvalue weighted by Crippen LogP contribution is -2.27. The fourth-order valence-electron chi connectivity index (χ4n) is 3.06. The summed E-state index contributed by atoms with van der Waals surface area (Å²) in [6, 6.07) is 4.89. The van der Waals surface area contributed by atoms with Gasteiger partial charge < -0.3 is 5.73 Å². The topological polar surface area (TPSA) is 26.0 Å². The Kier molecular flexibility index (Phi) is 4.63. The van der Waals surface area contributed by atoms with E-state index in [0.29, 0.717) is 11.5 Å². The molecule has 0 aliphatic heterocycles. The molecule has 1 aliphatic carbocycles. The van der Waals surface area contributed by atoms with Gasteiger partial charge in [0.2, 0.25) is 0 Å². The second kappa shape index (κ2) is 6.03. The molecule has 3 unspecified atom stereocenters. The van der Waals surface area contributed by atoms with Crippen LogP contribution in [0.2, 0.25) is 5.02 Å². The third-order valence-corrected chi connectivity index (χ3v) is 4.54. The molecule has 18 heavy (non-hydrogen) atoms. The minimum Gasteiger partial charge on any atom is -0.324 e. The van der Waals surface area contributed by atoms with Crippen LogP contribution < -0.4 is 5.73 Å². The summed E-state index contributed by atoms with van der Waals surface area (Å²) in [5, 5.41) is 0.172. The number of nitrogens with two attached hydrogens (primary N) is 1. The summed E-state index contributed by atoms with van der Waals surface area (Å²) in [5.41, 5.74) is 6.83. The van der Waals surface area contributed by atoms with Crippen LogP contribution >= 0.6 is 11.6 Å². The molecule has 2 N–H and O–H groups in total. The normalized spacial score (nSPS) is 26.0. The van der Waals surface area contributed by atoms with E-state index in [1.54, 1.807) is 18.2 Å². The van der Waals surface area contributed by atoms with E-state index in [-0.39, 0.29) is 16.9 Å². The molecule has 1 nitrogen and oxygen atoms in total. The predicted molar refractivity (Wildman–Crippen MR) is 74.1 cm³/mol. The van der Waals surface area contributed by atoms with Gasteiger partial charge in [-0.15, -0.1) is 0 Å². The van der Waals surface area contributed by atoms with E-state index >= 15 is 0 Å². The highest BCUT2D eigenvalue weighted by Gasteiger charge is 2.28. The van der Waals surface area contributed by atoms with Gasteiger partial charge in [0.25, 0.3) is 0 Å². The van der Waals surface area contributed by atoms with E-state index in [1.165, 1.54) is 19.3 Å². The number of hydrogen-bond donors (Lipinski definition) is 1. The first-order valence-corrected chi connectivity index (χ1v) is 7.20. The SMILES string of the molecule is CCC1CCCC(C(N)c2cccc(Cl)c2F)C1. The largest absolute Gasteiger partial charge is 0.324 e. The van der Waals surface area contributed by atoms with E-state index in [2.05, 4.69) is 6.92 Å². The molecular formula is C15H21ClFN. The quantitative estimate of drug-likeness (QED) is 0.846. The van der Waals surface area contributed by atoms with Gasteiger partial charge in [-0.2, -0.15) is 0 Å². The number of hydrogen-bond acceptors (Lipinski definition) is 1. The first-order valence-electron chi connectivity index (χ1n) is 6.83. The van der Waals surface area contributed by atoms with Crippen LogP contribution in [-0.2, 0) is 0 Å². The Morgan fingerprint density at radius 1 is 1.44 bits per heavy atom. The molecule has 1 aromatic carbocycles. The lowest BCUT2D eigenvalue weighted by Gasteiger charge is -2.32. The predicted octanol–water partition coefficient (Wildman–Crippen LogP) is 4.70. The summed E-state index contributed by atoms with van der Waals surface area (Å²) in [6.07, 6.45) is 5.91. The molecule has 0 saturated heterocycles. The van der Waals surface area contributed by atoms with Gasteiger partial charge in [-0.3, -0.25) is 0 Å². The van der Waals surface area contributed by atoms with Crippen molar-refractivity contribution >= 4 is 11.6 Å². The Balaban J connectivity index is 2.15. The van der Waals surface area contributed by atoms with Crippen LogP contribution in [0.15, 0.2) is 18.2 Å². The summed E-state index contributed by atoms with van der Waals surface area (Å²) in [4.78, 5) is 0. The summed E-state index contributed by atoms with van der Waals surface area (Å²) in [7, 11) is 0. The lowest BCUT2D eigenvalue weighted by atomic mass is 9.75. The van der Waals surface area contributed by atoms with Crippen molar-refractivity contribution in [2.24, 2.45) is 17.6 Å². The Morgan fingerprint density at radius 3 is 2.94 bits per heavy atom. The zero-order valence-corrected chi connectivity index (χ0v) is 11.6. The van der Waals surface area contributed by atoms with E-state index in [1.807, 2.05) is 0 Å². The average Bonchev–Trinajstić information content (AvgIpc) is 2.41. The van der Waals surface area contributed by atoms with Gasteiger partial charge >= 0.3 is 0 Å². The maximum atomic E-state index is 14.0. The van der Waals surface area contributed by atoms with Crippen molar-refractivity contribution in [3.63, 3.8) is 0 Å². The molecule has 1 saturated carbocycles. The first-order chi connectivity index (χ1) is 8.63. The summed E-state index contributed by atoms with van der Waals surface area (Å²) >= 11 is 5.82. The number of halogens is 2. The fourth-order valence-corrected chi connectivity index (χ4v) is 3.24. The van der Waals surface area contributed by atoms with Crippen molar-refractivity contribution in [1.29, 1.82) is 0 Å². The van der Waals surface area contributed by atoms with Gasteiger partial charge in [0.05, 0.1) is 5.02 Å². The Bertz CT molecular complexity index is 407. The summed E-state index contributed by atoms with van der Waals surface area (Å²) in [5.74, 6) is 0.791. The highest BCUT2D eigenvalue weighted by molar-refractivity contribution is 6.30. The van der Waals surface area contributed by atoms with E-state index in [9.17, 15) is 4.39 Å². The molecule has 0 amide bonds. The third-order valence-electron chi connectivity index (χ3n) is 4.25. The smallest absolute Gasteiger partial charge is 0.146 e. The van der Waals surface area contributed by atoms with Crippen molar-refractivity contribution in [2.45, 2.75) is 45.1 Å². The van der Waals surface area contributed by atoms with Crippen molar-refractivity contribution in [3.8, 4) is 0 Å². The fraction of sp³-hybridized carbons (Fsp3) is 0.600. The van der Waals surface area contributed by atoms with Crippen LogP contribution in [0, 0.1) is 17.7 Å². The second-order valence-corrected chi connectivity index (χ2v) is 5.78. The highest BCUT2D eigenvalue weighted by atomic mass is 35.5. The molecule has 1 aromatic rings. The molecule has 0 spiro atoms. The van der Waals surface area contributed by atoms with Crippen LogP contribution in [0.25, 0.3) is 0 Å². The molecule has 3 heteroatoms.